The van der Waals surface area contributed by atoms with Gasteiger partial charge in [-0.25, -0.2) is 4.79 Å². The molecule has 2 saturated heterocycles. The Morgan fingerprint density at radius 3 is 2.40 bits per heavy atom. The van der Waals surface area contributed by atoms with Crippen LogP contribution >= 0.6 is 11.6 Å². The maximum Gasteiger partial charge on any atom is 0.407 e. The summed E-state index contributed by atoms with van der Waals surface area (Å²) in [5.74, 6) is 1.34. The van der Waals surface area contributed by atoms with Crippen molar-refractivity contribution in [3.05, 3.63) is 63.5 Å². The molecule has 1 amide bonds. The Bertz CT molecular complexity index is 2050. The second-order valence-corrected chi connectivity index (χ2v) is 14.0. The number of benzene rings is 2. The first-order chi connectivity index (χ1) is 22.4. The monoisotopic (exact) mass is 658 g/mol. The molecule has 246 valence electrons. The number of fused-ring (bicyclic) bond motifs is 4. The van der Waals surface area contributed by atoms with Gasteiger partial charge in [0.05, 0.1) is 29.9 Å². The topological polar surface area (TPSA) is 121 Å². The van der Waals surface area contributed by atoms with E-state index >= 15 is 0 Å². The number of aryl methyl sites for hydroxylation is 1. The lowest BCUT2D eigenvalue weighted by Gasteiger charge is -2.40. The van der Waals surface area contributed by atoms with Crippen molar-refractivity contribution in [3.63, 3.8) is 0 Å². The number of methoxy groups -OCH3 is 1. The number of hydrogen-bond acceptors (Lipinski definition) is 8. The predicted octanol–water partition coefficient (Wildman–Crippen LogP) is 5.42. The highest BCUT2D eigenvalue weighted by Gasteiger charge is 2.43. The molecule has 47 heavy (non-hydrogen) atoms. The Balaban J connectivity index is 1.30. The molecule has 2 aliphatic heterocycles. The molecule has 0 aliphatic carbocycles. The fourth-order valence-electron chi connectivity index (χ4n) is 7.13. The summed E-state index contributed by atoms with van der Waals surface area (Å²) in [6, 6.07) is 11.8. The van der Waals surface area contributed by atoms with Gasteiger partial charge in [0.2, 0.25) is 5.95 Å². The Morgan fingerprint density at radius 2 is 1.74 bits per heavy atom. The second kappa shape index (κ2) is 11.6. The summed E-state index contributed by atoms with van der Waals surface area (Å²) in [6.07, 6.45) is 4.84. The average Bonchev–Trinajstić information content (AvgIpc) is 3.65. The van der Waals surface area contributed by atoms with Crippen LogP contribution in [0.4, 0.5) is 10.7 Å². The van der Waals surface area contributed by atoms with Crippen LogP contribution in [-0.4, -0.2) is 66.0 Å². The molecule has 0 saturated carbocycles. The van der Waals surface area contributed by atoms with Crippen LogP contribution in [0.25, 0.3) is 33.2 Å². The predicted molar refractivity (Wildman–Crippen MR) is 181 cm³/mol. The van der Waals surface area contributed by atoms with Crippen molar-refractivity contribution in [2.45, 2.75) is 76.7 Å². The first-order valence-electron chi connectivity index (χ1n) is 15.9. The largest absolute Gasteiger partial charge is 0.497 e. The minimum absolute atomic E-state index is 0.0146. The van der Waals surface area contributed by atoms with E-state index in [1.54, 1.807) is 23.4 Å². The average molecular weight is 659 g/mol. The normalized spacial score (nSPS) is 19.5. The summed E-state index contributed by atoms with van der Waals surface area (Å²) in [7, 11) is 5.25. The zero-order chi connectivity index (χ0) is 33.2. The molecule has 7 rings (SSSR count). The molecule has 1 unspecified atom stereocenters. The molecule has 5 heterocycles. The van der Waals surface area contributed by atoms with Gasteiger partial charge in [0.1, 0.15) is 16.7 Å². The molecule has 0 spiro atoms. The fourth-order valence-corrected chi connectivity index (χ4v) is 7.43. The van der Waals surface area contributed by atoms with Crippen molar-refractivity contribution < 1.29 is 14.3 Å². The number of nitrogens with zero attached hydrogens (tertiary/aromatic N) is 7. The standard InChI is InChI=1S/C34H39ClN8O4/c1-34(2,3)47-33(45)36-20-15-21-9-10-22(16-20)43(21)32-37-30-27(31(44)41(32)5)29(24-13-14-26-25(28(24)35)18-40(4)38-26)42(39-30)17-19-7-11-23(46-6)12-8-19/h7-8,11-14,18,20-22H,9-10,15-17H2,1-6H3,(H,36,45)/t20-,21-,22?/m1/s1. The van der Waals surface area contributed by atoms with Crippen molar-refractivity contribution in [2.75, 3.05) is 12.0 Å². The quantitative estimate of drug-likeness (QED) is 0.257. The van der Waals surface area contributed by atoms with Gasteiger partial charge in [-0.2, -0.15) is 15.2 Å². The highest BCUT2D eigenvalue weighted by Crippen LogP contribution is 2.40. The summed E-state index contributed by atoms with van der Waals surface area (Å²) < 4.78 is 16.0. The van der Waals surface area contributed by atoms with Crippen LogP contribution in [0, 0.1) is 0 Å². The molecule has 2 aliphatic rings. The Hall–Kier alpha value is -4.58. The summed E-state index contributed by atoms with van der Waals surface area (Å²) >= 11 is 7.05. The van der Waals surface area contributed by atoms with E-state index in [2.05, 4.69) is 15.3 Å². The molecule has 2 aromatic carbocycles. The van der Waals surface area contributed by atoms with E-state index in [4.69, 9.17) is 31.2 Å². The van der Waals surface area contributed by atoms with E-state index in [0.717, 1.165) is 47.9 Å². The molecule has 12 nitrogen and oxygen atoms in total. The number of alkyl carbamates (subject to hydrolysis) is 1. The molecule has 5 aromatic rings. The highest BCUT2D eigenvalue weighted by atomic mass is 35.5. The number of halogens is 1. The third-order valence-corrected chi connectivity index (χ3v) is 9.54. The summed E-state index contributed by atoms with van der Waals surface area (Å²) in [6.45, 7) is 5.96. The van der Waals surface area contributed by atoms with E-state index < -0.39 is 11.7 Å². The molecule has 1 N–H and O–H groups in total. The van der Waals surface area contributed by atoms with Gasteiger partial charge in [0.25, 0.3) is 5.56 Å². The van der Waals surface area contributed by atoms with Crippen LogP contribution in [0.2, 0.25) is 5.02 Å². The Kier molecular flexibility index (Phi) is 7.65. The number of ether oxygens (including phenoxy) is 2. The SMILES string of the molecule is COc1ccc(Cn2nc3nc(N4C5CC[C@@H]4C[C@@H](NC(=O)OC(C)(C)C)C5)n(C)c(=O)c3c2-c2ccc3nn(C)cc3c2Cl)cc1. The third kappa shape index (κ3) is 5.68. The number of piperidine rings is 1. The van der Waals surface area contributed by atoms with Crippen LogP contribution < -0.4 is 20.5 Å². The number of anilines is 1. The number of amides is 1. The van der Waals surface area contributed by atoms with E-state index in [1.807, 2.05) is 75.1 Å². The zero-order valence-corrected chi connectivity index (χ0v) is 28.2. The maximum atomic E-state index is 14.4. The van der Waals surface area contributed by atoms with Gasteiger partial charge < -0.3 is 19.7 Å². The van der Waals surface area contributed by atoms with Crippen LogP contribution in [0.15, 0.2) is 47.4 Å². The molecule has 2 bridgehead atoms. The lowest BCUT2D eigenvalue weighted by Crippen LogP contribution is -2.52. The first-order valence-corrected chi connectivity index (χ1v) is 16.3. The van der Waals surface area contributed by atoms with Gasteiger partial charge in [-0.15, -0.1) is 0 Å². The van der Waals surface area contributed by atoms with Crippen molar-refractivity contribution in [2.24, 2.45) is 14.1 Å². The highest BCUT2D eigenvalue weighted by molar-refractivity contribution is 6.38. The minimum atomic E-state index is -0.565. The van der Waals surface area contributed by atoms with Crippen molar-refractivity contribution in [1.82, 2.24) is 34.4 Å². The van der Waals surface area contributed by atoms with E-state index in [1.165, 1.54) is 0 Å². The summed E-state index contributed by atoms with van der Waals surface area (Å²) in [5.41, 5.74) is 2.64. The number of aromatic nitrogens is 6. The number of carbonyl (C=O) groups is 1. The Morgan fingerprint density at radius 1 is 1.04 bits per heavy atom. The van der Waals surface area contributed by atoms with Gasteiger partial charge in [0, 0.05) is 49.4 Å². The van der Waals surface area contributed by atoms with Gasteiger partial charge in [-0.1, -0.05) is 23.7 Å². The molecule has 3 atom stereocenters. The van der Waals surface area contributed by atoms with Crippen molar-refractivity contribution >= 4 is 45.6 Å². The summed E-state index contributed by atoms with van der Waals surface area (Å²) in [5, 5.41) is 14.2. The van der Waals surface area contributed by atoms with Crippen LogP contribution in [0.5, 0.6) is 5.75 Å². The lowest BCUT2D eigenvalue weighted by molar-refractivity contribution is 0.0492. The minimum Gasteiger partial charge on any atom is -0.497 e. The lowest BCUT2D eigenvalue weighted by atomic mass is 9.98. The van der Waals surface area contributed by atoms with Crippen LogP contribution in [0.1, 0.15) is 52.0 Å². The number of rotatable bonds is 6. The maximum absolute atomic E-state index is 14.4. The van der Waals surface area contributed by atoms with Gasteiger partial charge in [-0.3, -0.25) is 18.7 Å². The Labute approximate surface area is 277 Å². The van der Waals surface area contributed by atoms with Crippen LogP contribution in [0.3, 0.4) is 0 Å². The number of carbonyl (C=O) groups excluding carboxylic acids is 1. The fraction of sp³-hybridized carbons (Fsp3) is 0.441. The molecular formula is C34H39ClN8O4. The van der Waals surface area contributed by atoms with E-state index in [9.17, 15) is 9.59 Å². The molecule has 3 aromatic heterocycles. The van der Waals surface area contributed by atoms with Crippen LogP contribution in [-0.2, 0) is 25.4 Å². The molecule has 2 fully saturated rings. The molecule has 13 heteroatoms. The first kappa shape index (κ1) is 31.0. The van der Waals surface area contributed by atoms with Crippen molar-refractivity contribution in [3.8, 4) is 17.0 Å². The van der Waals surface area contributed by atoms with Gasteiger partial charge >= 0.3 is 6.09 Å². The van der Waals surface area contributed by atoms with Crippen molar-refractivity contribution in [1.29, 1.82) is 0 Å². The second-order valence-electron chi connectivity index (χ2n) is 13.6. The van der Waals surface area contributed by atoms with E-state index in [0.29, 0.717) is 39.8 Å². The zero-order valence-electron chi connectivity index (χ0n) is 27.5. The van der Waals surface area contributed by atoms with E-state index in [-0.39, 0.29) is 23.7 Å². The molecule has 0 radical (unpaired) electrons. The molecular weight excluding hydrogens is 620 g/mol. The number of hydrogen-bond donors (Lipinski definition) is 1. The van der Waals surface area contributed by atoms with Gasteiger partial charge in [0.15, 0.2) is 5.65 Å². The summed E-state index contributed by atoms with van der Waals surface area (Å²) in [4.78, 5) is 34.2. The number of nitrogens with one attached hydrogen (secondary N) is 1. The van der Waals surface area contributed by atoms with Gasteiger partial charge in [-0.05, 0) is 76.3 Å². The third-order valence-electron chi connectivity index (χ3n) is 9.13. The smallest absolute Gasteiger partial charge is 0.407 e.